The molecule has 0 fully saturated rings. The van der Waals surface area contributed by atoms with Crippen LogP contribution in [0.5, 0.6) is 0 Å². The van der Waals surface area contributed by atoms with Crippen LogP contribution in [0.4, 0.5) is 10.8 Å². The van der Waals surface area contributed by atoms with E-state index in [4.69, 9.17) is 11.6 Å². The van der Waals surface area contributed by atoms with Crippen LogP contribution in [0, 0.1) is 6.92 Å². The van der Waals surface area contributed by atoms with Crippen LogP contribution < -0.4 is 10.2 Å². The molecule has 7 nitrogen and oxygen atoms in total. The average Bonchev–Trinajstić information content (AvgIpc) is 3.39. The van der Waals surface area contributed by atoms with Crippen molar-refractivity contribution in [3.05, 3.63) is 88.1 Å². The molecule has 2 aromatic heterocycles. The number of thiazole rings is 1. The molecule has 9 heteroatoms. The number of aromatic nitrogens is 3. The van der Waals surface area contributed by atoms with Gasteiger partial charge in [0, 0.05) is 17.6 Å². The summed E-state index contributed by atoms with van der Waals surface area (Å²) in [6, 6.07) is 18.7. The number of carbonyl (C=O) groups is 2. The minimum atomic E-state index is -0.281. The molecule has 0 saturated carbocycles. The van der Waals surface area contributed by atoms with Crippen molar-refractivity contribution in [2.45, 2.75) is 20.3 Å². The van der Waals surface area contributed by atoms with Crippen molar-refractivity contribution in [3.8, 4) is 5.69 Å². The van der Waals surface area contributed by atoms with Gasteiger partial charge >= 0.3 is 0 Å². The van der Waals surface area contributed by atoms with Crippen LogP contribution in [-0.2, 0) is 11.2 Å². The number of halogens is 1. The minimum absolute atomic E-state index is 0.114. The molecule has 2 amide bonds. The first-order valence-corrected chi connectivity index (χ1v) is 11.7. The first-order chi connectivity index (χ1) is 16.0. The number of carbonyl (C=O) groups excluding carboxylic acids is 2. The fourth-order valence-corrected chi connectivity index (χ4v) is 4.62. The molecule has 0 atom stereocenters. The largest absolute Gasteiger partial charge is 0.326 e. The molecule has 1 N–H and O–H groups in total. The van der Waals surface area contributed by atoms with E-state index in [1.54, 1.807) is 21.9 Å². The molecule has 0 bridgehead atoms. The van der Waals surface area contributed by atoms with Crippen molar-refractivity contribution in [2.75, 3.05) is 16.8 Å². The van der Waals surface area contributed by atoms with E-state index in [-0.39, 0.29) is 23.4 Å². The van der Waals surface area contributed by atoms with Gasteiger partial charge in [-0.25, -0.2) is 9.67 Å². The molecule has 4 aromatic rings. The molecule has 4 rings (SSSR count). The van der Waals surface area contributed by atoms with Crippen LogP contribution in [0.1, 0.15) is 28.7 Å². The van der Waals surface area contributed by atoms with Crippen LogP contribution >= 0.6 is 22.9 Å². The quantitative estimate of drug-likeness (QED) is 0.398. The molecular formula is C24H22ClN5O2S. The summed E-state index contributed by atoms with van der Waals surface area (Å²) in [4.78, 5) is 31.8. The first-order valence-electron chi connectivity index (χ1n) is 10.4. The molecule has 0 aliphatic heterocycles. The second kappa shape index (κ2) is 9.97. The third-order valence-electron chi connectivity index (χ3n) is 4.95. The molecule has 0 spiro atoms. The summed E-state index contributed by atoms with van der Waals surface area (Å²) in [5.74, 6) is -0.452. The Morgan fingerprint density at radius 2 is 1.76 bits per heavy atom. The predicted octanol–water partition coefficient (Wildman–Crippen LogP) is 5.14. The number of hydrogen-bond donors (Lipinski definition) is 1. The summed E-state index contributed by atoms with van der Waals surface area (Å²) in [5.41, 5.74) is 2.96. The van der Waals surface area contributed by atoms with E-state index in [1.807, 2.05) is 67.6 Å². The third-order valence-corrected chi connectivity index (χ3v) is 6.21. The maximum Gasteiger partial charge on any atom is 0.265 e. The number of anilines is 2. The molecule has 0 unspecified atom stereocenters. The Labute approximate surface area is 200 Å². The van der Waals surface area contributed by atoms with E-state index in [2.05, 4.69) is 15.4 Å². The summed E-state index contributed by atoms with van der Waals surface area (Å²) in [5, 5.41) is 9.85. The molecule has 2 aromatic carbocycles. The van der Waals surface area contributed by atoms with Gasteiger partial charge in [0.1, 0.15) is 10.7 Å². The lowest BCUT2D eigenvalue weighted by Crippen LogP contribution is -2.31. The fraction of sp³-hybridized carbons (Fsp3) is 0.167. The van der Waals surface area contributed by atoms with Gasteiger partial charge < -0.3 is 5.32 Å². The van der Waals surface area contributed by atoms with Gasteiger partial charge in [-0.05, 0) is 38.1 Å². The molecule has 168 valence electrons. The van der Waals surface area contributed by atoms with Crippen molar-refractivity contribution in [1.82, 2.24) is 14.8 Å². The zero-order chi connectivity index (χ0) is 23.4. The lowest BCUT2D eigenvalue weighted by Gasteiger charge is -2.17. The Bertz CT molecular complexity index is 1270. The van der Waals surface area contributed by atoms with Gasteiger partial charge in [0.15, 0.2) is 5.13 Å². The van der Waals surface area contributed by atoms with E-state index in [0.29, 0.717) is 28.6 Å². The van der Waals surface area contributed by atoms with E-state index in [9.17, 15) is 9.59 Å². The molecule has 0 aliphatic carbocycles. The van der Waals surface area contributed by atoms with Gasteiger partial charge in [0.2, 0.25) is 5.91 Å². The Hall–Kier alpha value is -3.49. The van der Waals surface area contributed by atoms with Gasteiger partial charge in [-0.1, -0.05) is 48.0 Å². The summed E-state index contributed by atoms with van der Waals surface area (Å²) < 4.78 is 1.55. The van der Waals surface area contributed by atoms with Gasteiger partial charge in [-0.2, -0.15) is 5.10 Å². The Kier molecular flexibility index (Phi) is 6.86. The summed E-state index contributed by atoms with van der Waals surface area (Å²) >= 11 is 7.89. The normalized spacial score (nSPS) is 10.8. The lowest BCUT2D eigenvalue weighted by atomic mass is 10.2. The van der Waals surface area contributed by atoms with Crippen LogP contribution in [0.3, 0.4) is 0 Å². The van der Waals surface area contributed by atoms with Gasteiger partial charge in [-0.15, -0.1) is 11.3 Å². The number of nitrogens with one attached hydrogen (secondary N) is 1. The molecule has 2 heterocycles. The summed E-state index contributed by atoms with van der Waals surface area (Å²) in [6.07, 6.45) is 0.114. The summed E-state index contributed by atoms with van der Waals surface area (Å²) in [7, 11) is 0. The highest BCUT2D eigenvalue weighted by atomic mass is 35.5. The molecule has 33 heavy (non-hydrogen) atoms. The number of amides is 2. The number of hydrogen-bond acceptors (Lipinski definition) is 5. The highest BCUT2D eigenvalue weighted by molar-refractivity contribution is 7.14. The molecule has 0 saturated heterocycles. The fourth-order valence-electron chi connectivity index (χ4n) is 3.38. The lowest BCUT2D eigenvalue weighted by molar-refractivity contribution is -0.115. The van der Waals surface area contributed by atoms with Crippen LogP contribution in [0.25, 0.3) is 5.69 Å². The smallest absolute Gasteiger partial charge is 0.265 e. The van der Waals surface area contributed by atoms with E-state index < -0.39 is 0 Å². The second-order valence-corrected chi connectivity index (χ2v) is 8.45. The van der Waals surface area contributed by atoms with Crippen molar-refractivity contribution in [3.63, 3.8) is 0 Å². The zero-order valence-corrected chi connectivity index (χ0v) is 19.7. The van der Waals surface area contributed by atoms with Crippen LogP contribution in [-0.4, -0.2) is 33.1 Å². The van der Waals surface area contributed by atoms with Crippen molar-refractivity contribution in [2.24, 2.45) is 0 Å². The third kappa shape index (κ3) is 4.97. The van der Waals surface area contributed by atoms with Gasteiger partial charge in [-0.3, -0.25) is 14.5 Å². The van der Waals surface area contributed by atoms with E-state index in [0.717, 1.165) is 11.4 Å². The van der Waals surface area contributed by atoms with Crippen LogP contribution in [0.15, 0.2) is 66.0 Å². The predicted molar refractivity (Wildman–Crippen MR) is 132 cm³/mol. The number of benzene rings is 2. The van der Waals surface area contributed by atoms with Crippen molar-refractivity contribution < 1.29 is 9.59 Å². The Morgan fingerprint density at radius 1 is 1.09 bits per heavy atom. The van der Waals surface area contributed by atoms with E-state index in [1.165, 1.54) is 11.3 Å². The van der Waals surface area contributed by atoms with Gasteiger partial charge in [0.05, 0.1) is 23.5 Å². The molecule has 0 aliphatic rings. The number of para-hydroxylation sites is 2. The average molecular weight is 480 g/mol. The topological polar surface area (TPSA) is 80.1 Å². The highest BCUT2D eigenvalue weighted by Crippen LogP contribution is 2.28. The van der Waals surface area contributed by atoms with Crippen LogP contribution in [0.2, 0.25) is 5.15 Å². The number of aryl methyl sites for hydroxylation is 1. The van der Waals surface area contributed by atoms with Crippen molar-refractivity contribution >= 4 is 45.6 Å². The molecule has 0 radical (unpaired) electrons. The Balaban J connectivity index is 1.53. The summed E-state index contributed by atoms with van der Waals surface area (Å²) in [6.45, 7) is 4.02. The van der Waals surface area contributed by atoms with Crippen molar-refractivity contribution in [1.29, 1.82) is 0 Å². The zero-order valence-electron chi connectivity index (χ0n) is 18.2. The van der Waals surface area contributed by atoms with E-state index >= 15 is 0 Å². The first kappa shape index (κ1) is 22.7. The standard InChI is InChI=1S/C24H22ClN5O2S/c1-3-29(23(32)21-16(2)28-30(22(21)25)19-12-8-5-9-13-19)24-27-18(15-33-24)14-20(31)26-17-10-6-4-7-11-17/h4-13,15H,3,14H2,1-2H3,(H,26,31). The Morgan fingerprint density at radius 3 is 2.42 bits per heavy atom. The SMILES string of the molecule is CCN(C(=O)c1c(C)nn(-c2ccccc2)c1Cl)c1nc(CC(=O)Nc2ccccc2)cs1. The van der Waals surface area contributed by atoms with Gasteiger partial charge in [0.25, 0.3) is 5.91 Å². The number of rotatable bonds is 7. The maximum absolute atomic E-state index is 13.4. The highest BCUT2D eigenvalue weighted by Gasteiger charge is 2.27. The molecular weight excluding hydrogens is 458 g/mol. The second-order valence-electron chi connectivity index (χ2n) is 7.26. The number of nitrogens with zero attached hydrogens (tertiary/aromatic N) is 4. The maximum atomic E-state index is 13.4. The minimum Gasteiger partial charge on any atom is -0.326 e. The monoisotopic (exact) mass is 479 g/mol.